The molecule has 1 aromatic rings. The van der Waals surface area contributed by atoms with E-state index in [0.717, 1.165) is 25.7 Å². The molecule has 0 saturated heterocycles. The number of amides is 2. The lowest BCUT2D eigenvalue weighted by Crippen LogP contribution is -2.48. The van der Waals surface area contributed by atoms with Crippen molar-refractivity contribution in [2.24, 2.45) is 0 Å². The molecule has 1 aliphatic carbocycles. The summed E-state index contributed by atoms with van der Waals surface area (Å²) in [4.78, 5) is 24.5. The third-order valence-electron chi connectivity index (χ3n) is 4.14. The number of nitrogens with one attached hydrogen (secondary N) is 2. The van der Waals surface area contributed by atoms with Crippen LogP contribution >= 0.6 is 23.2 Å². The number of carbonyl (C=O) groups is 2. The monoisotopic (exact) mass is 356 g/mol. The second kappa shape index (κ2) is 8.55. The van der Waals surface area contributed by atoms with Gasteiger partial charge in [0.25, 0.3) is 5.91 Å². The number of rotatable bonds is 4. The van der Waals surface area contributed by atoms with Gasteiger partial charge in [-0.25, -0.2) is 0 Å². The largest absolute Gasteiger partial charge is 0.352 e. The summed E-state index contributed by atoms with van der Waals surface area (Å²) < 4.78 is 0. The van der Waals surface area contributed by atoms with Gasteiger partial charge in [-0.05, 0) is 31.9 Å². The lowest BCUT2D eigenvalue weighted by molar-refractivity contribution is -0.123. The molecule has 6 heteroatoms. The van der Waals surface area contributed by atoms with Crippen molar-refractivity contribution in [2.45, 2.75) is 57.5 Å². The molecule has 23 heavy (non-hydrogen) atoms. The molecule has 4 nitrogen and oxygen atoms in total. The van der Waals surface area contributed by atoms with Crippen LogP contribution in [-0.4, -0.2) is 23.9 Å². The van der Waals surface area contributed by atoms with Crippen LogP contribution in [0.25, 0.3) is 0 Å². The molecule has 1 fully saturated rings. The molecule has 1 aromatic carbocycles. The predicted octanol–water partition coefficient (Wildman–Crippen LogP) is 3.95. The van der Waals surface area contributed by atoms with Crippen LogP contribution in [0.1, 0.15) is 55.8 Å². The summed E-state index contributed by atoms with van der Waals surface area (Å²) in [6.45, 7) is 1.67. The maximum Gasteiger partial charge on any atom is 0.253 e. The van der Waals surface area contributed by atoms with Gasteiger partial charge in [-0.2, -0.15) is 0 Å². The number of halogens is 2. The molecular weight excluding hydrogens is 335 g/mol. The van der Waals surface area contributed by atoms with Gasteiger partial charge < -0.3 is 10.6 Å². The van der Waals surface area contributed by atoms with Gasteiger partial charge in [0.1, 0.15) is 6.04 Å². The van der Waals surface area contributed by atoms with Crippen molar-refractivity contribution in [3.63, 3.8) is 0 Å². The molecule has 0 bridgehead atoms. The molecule has 0 unspecified atom stereocenters. The van der Waals surface area contributed by atoms with E-state index in [-0.39, 0.29) is 22.5 Å². The second-order valence-electron chi connectivity index (χ2n) is 5.99. The Morgan fingerprint density at radius 3 is 2.43 bits per heavy atom. The summed E-state index contributed by atoms with van der Waals surface area (Å²) in [7, 11) is 0. The van der Waals surface area contributed by atoms with E-state index < -0.39 is 11.9 Å². The summed E-state index contributed by atoms with van der Waals surface area (Å²) >= 11 is 11.9. The minimum atomic E-state index is -0.624. The average Bonchev–Trinajstić information content (AvgIpc) is 2.78. The van der Waals surface area contributed by atoms with E-state index in [1.54, 1.807) is 25.1 Å². The second-order valence-corrected chi connectivity index (χ2v) is 6.78. The molecular formula is C17H22Cl2N2O2. The van der Waals surface area contributed by atoms with Gasteiger partial charge in [0.15, 0.2) is 0 Å². The molecule has 1 saturated carbocycles. The van der Waals surface area contributed by atoms with E-state index in [4.69, 9.17) is 23.2 Å². The maximum atomic E-state index is 12.3. The molecule has 0 spiro atoms. The summed E-state index contributed by atoms with van der Waals surface area (Å²) in [5, 5.41) is 6.22. The summed E-state index contributed by atoms with van der Waals surface area (Å²) in [5.74, 6) is -0.565. The van der Waals surface area contributed by atoms with Crippen LogP contribution in [0.3, 0.4) is 0 Å². The standard InChI is InChI=1S/C17H22Cl2N2O2/c1-11(16(22)21-12-7-4-2-3-5-8-12)20-17(23)13-9-6-10-14(18)15(13)19/h6,9-12H,2-5,7-8H2,1H3,(H,20,23)(H,21,22)/t11-/m0/s1. The fourth-order valence-electron chi connectivity index (χ4n) is 2.77. The molecule has 0 aliphatic heterocycles. The zero-order valence-corrected chi connectivity index (χ0v) is 14.7. The van der Waals surface area contributed by atoms with Crippen molar-refractivity contribution in [3.05, 3.63) is 33.8 Å². The van der Waals surface area contributed by atoms with Gasteiger partial charge in [-0.1, -0.05) is 55.0 Å². The molecule has 2 N–H and O–H groups in total. The number of carbonyl (C=O) groups excluding carboxylic acids is 2. The van der Waals surface area contributed by atoms with Crippen LogP contribution in [0.4, 0.5) is 0 Å². The van der Waals surface area contributed by atoms with Gasteiger partial charge in [0.2, 0.25) is 5.91 Å². The Hall–Kier alpha value is -1.26. The quantitative estimate of drug-likeness (QED) is 0.802. The molecule has 126 valence electrons. The highest BCUT2D eigenvalue weighted by Crippen LogP contribution is 2.25. The molecule has 0 radical (unpaired) electrons. The van der Waals surface area contributed by atoms with E-state index in [0.29, 0.717) is 5.02 Å². The highest BCUT2D eigenvalue weighted by molar-refractivity contribution is 6.43. The molecule has 1 aliphatic rings. The lowest BCUT2D eigenvalue weighted by atomic mass is 10.1. The Labute approximate surface area is 146 Å². The van der Waals surface area contributed by atoms with Gasteiger partial charge >= 0.3 is 0 Å². The molecule has 0 heterocycles. The molecule has 0 aromatic heterocycles. The van der Waals surface area contributed by atoms with Crippen molar-refractivity contribution in [3.8, 4) is 0 Å². The maximum absolute atomic E-state index is 12.3. The highest BCUT2D eigenvalue weighted by Gasteiger charge is 2.22. The van der Waals surface area contributed by atoms with Crippen LogP contribution in [0.2, 0.25) is 10.0 Å². The smallest absolute Gasteiger partial charge is 0.253 e. The fourth-order valence-corrected chi connectivity index (χ4v) is 3.16. The first-order valence-electron chi connectivity index (χ1n) is 8.04. The van der Waals surface area contributed by atoms with Crippen molar-refractivity contribution < 1.29 is 9.59 Å². The van der Waals surface area contributed by atoms with E-state index >= 15 is 0 Å². The van der Waals surface area contributed by atoms with Crippen LogP contribution in [0, 0.1) is 0 Å². The zero-order chi connectivity index (χ0) is 16.8. The zero-order valence-electron chi connectivity index (χ0n) is 13.2. The molecule has 2 rings (SSSR count). The SMILES string of the molecule is C[C@H](NC(=O)c1cccc(Cl)c1Cl)C(=O)NC1CCCCCC1. The Morgan fingerprint density at radius 1 is 1.13 bits per heavy atom. The van der Waals surface area contributed by atoms with Crippen molar-refractivity contribution in [2.75, 3.05) is 0 Å². The van der Waals surface area contributed by atoms with Crippen molar-refractivity contribution >= 4 is 35.0 Å². The summed E-state index contributed by atoms with van der Waals surface area (Å²) in [6, 6.07) is 4.43. The first-order valence-corrected chi connectivity index (χ1v) is 8.80. The lowest BCUT2D eigenvalue weighted by Gasteiger charge is -2.20. The highest BCUT2D eigenvalue weighted by atomic mass is 35.5. The van der Waals surface area contributed by atoms with Gasteiger partial charge in [0.05, 0.1) is 15.6 Å². The Balaban J connectivity index is 1.92. The number of hydrogen-bond acceptors (Lipinski definition) is 2. The number of hydrogen-bond donors (Lipinski definition) is 2. The van der Waals surface area contributed by atoms with Gasteiger partial charge in [-0.3, -0.25) is 9.59 Å². The first-order chi connectivity index (χ1) is 11.0. The minimum absolute atomic E-state index is 0.164. The predicted molar refractivity (Wildman–Crippen MR) is 93.0 cm³/mol. The Bertz CT molecular complexity index is 570. The Kier molecular flexibility index (Phi) is 6.72. The summed E-state index contributed by atoms with van der Waals surface area (Å²) in [5.41, 5.74) is 0.272. The fraction of sp³-hybridized carbons (Fsp3) is 0.529. The molecule has 1 atom stereocenters. The minimum Gasteiger partial charge on any atom is -0.352 e. The average molecular weight is 357 g/mol. The normalized spacial score (nSPS) is 17.2. The third-order valence-corrected chi connectivity index (χ3v) is 4.96. The first kappa shape index (κ1) is 18.1. The van der Waals surface area contributed by atoms with E-state index in [1.165, 1.54) is 12.8 Å². The van der Waals surface area contributed by atoms with Crippen LogP contribution in [-0.2, 0) is 4.79 Å². The van der Waals surface area contributed by atoms with E-state index in [2.05, 4.69) is 10.6 Å². The number of benzene rings is 1. The third kappa shape index (κ3) is 5.11. The topological polar surface area (TPSA) is 58.2 Å². The van der Waals surface area contributed by atoms with Crippen molar-refractivity contribution in [1.82, 2.24) is 10.6 Å². The van der Waals surface area contributed by atoms with E-state index in [9.17, 15) is 9.59 Å². The molecule has 2 amide bonds. The van der Waals surface area contributed by atoms with Crippen LogP contribution in [0.15, 0.2) is 18.2 Å². The van der Waals surface area contributed by atoms with Gasteiger partial charge in [-0.15, -0.1) is 0 Å². The van der Waals surface area contributed by atoms with Gasteiger partial charge in [0, 0.05) is 6.04 Å². The summed E-state index contributed by atoms with van der Waals surface area (Å²) in [6.07, 6.45) is 6.75. The Morgan fingerprint density at radius 2 is 1.78 bits per heavy atom. The van der Waals surface area contributed by atoms with Crippen molar-refractivity contribution in [1.29, 1.82) is 0 Å². The van der Waals surface area contributed by atoms with Crippen LogP contribution < -0.4 is 10.6 Å². The van der Waals surface area contributed by atoms with Crippen LogP contribution in [0.5, 0.6) is 0 Å². The van der Waals surface area contributed by atoms with E-state index in [1.807, 2.05) is 0 Å².